The molecule has 4 heteroatoms. The Morgan fingerprint density at radius 3 is 2.94 bits per heavy atom. The van der Waals surface area contributed by atoms with Crippen LogP contribution in [0.15, 0.2) is 12.3 Å². The van der Waals surface area contributed by atoms with Gasteiger partial charge in [-0.1, -0.05) is 20.8 Å². The summed E-state index contributed by atoms with van der Waals surface area (Å²) in [5.41, 5.74) is 1.02. The Balaban J connectivity index is 2.37. The number of aromatic nitrogens is 2. The van der Waals surface area contributed by atoms with E-state index in [1.807, 2.05) is 6.07 Å². The van der Waals surface area contributed by atoms with Crippen LogP contribution in [0.4, 0.5) is 0 Å². The average Bonchev–Trinajstić information content (AvgIpc) is 2.29. The lowest BCUT2D eigenvalue weighted by Gasteiger charge is -2.07. The van der Waals surface area contributed by atoms with Gasteiger partial charge in [-0.3, -0.25) is 0 Å². The quantitative estimate of drug-likeness (QED) is 0.704. The smallest absolute Gasteiger partial charge is 0.154 e. The maximum absolute atomic E-state index is 5.42. The van der Waals surface area contributed by atoms with Crippen molar-refractivity contribution in [1.29, 1.82) is 0 Å². The molecule has 0 saturated heterocycles. The summed E-state index contributed by atoms with van der Waals surface area (Å²) < 4.78 is 5.42. The zero-order valence-corrected chi connectivity index (χ0v) is 11.1. The molecule has 1 rings (SSSR count). The lowest BCUT2D eigenvalue weighted by molar-refractivity contribution is 0.116. The summed E-state index contributed by atoms with van der Waals surface area (Å²) in [5, 5.41) is 3.36. The minimum absolute atomic E-state index is 0.506. The lowest BCUT2D eigenvalue weighted by Crippen LogP contribution is -2.20. The highest BCUT2D eigenvalue weighted by Gasteiger charge is 2.00. The molecule has 0 radical (unpaired) electrons. The van der Waals surface area contributed by atoms with Gasteiger partial charge < -0.3 is 10.1 Å². The Morgan fingerprint density at radius 2 is 2.24 bits per heavy atom. The zero-order valence-electron chi connectivity index (χ0n) is 11.1. The molecule has 0 unspecified atom stereocenters. The van der Waals surface area contributed by atoms with E-state index in [0.717, 1.165) is 37.6 Å². The summed E-state index contributed by atoms with van der Waals surface area (Å²) in [6, 6.07) is 1.94. The van der Waals surface area contributed by atoms with E-state index in [4.69, 9.17) is 4.74 Å². The van der Waals surface area contributed by atoms with Crippen molar-refractivity contribution in [3.05, 3.63) is 23.8 Å². The van der Waals surface area contributed by atoms with Crippen LogP contribution < -0.4 is 5.32 Å². The zero-order chi connectivity index (χ0) is 12.5. The highest BCUT2D eigenvalue weighted by atomic mass is 16.5. The fraction of sp³-hybridized carbons (Fsp3) is 0.692. The number of hydrogen-bond acceptors (Lipinski definition) is 4. The van der Waals surface area contributed by atoms with Crippen molar-refractivity contribution in [3.63, 3.8) is 0 Å². The number of hydrogen-bond donors (Lipinski definition) is 1. The van der Waals surface area contributed by atoms with Crippen LogP contribution in [-0.2, 0) is 17.9 Å². The van der Waals surface area contributed by atoms with Crippen molar-refractivity contribution in [1.82, 2.24) is 15.3 Å². The van der Waals surface area contributed by atoms with Gasteiger partial charge in [0, 0.05) is 19.3 Å². The number of ether oxygens (including phenoxy) is 1. The molecule has 0 atom stereocenters. The molecule has 96 valence electrons. The summed E-state index contributed by atoms with van der Waals surface area (Å²) in [6.07, 6.45) is 2.82. The van der Waals surface area contributed by atoms with E-state index in [2.05, 4.69) is 36.1 Å². The molecular weight excluding hydrogens is 214 g/mol. The van der Waals surface area contributed by atoms with Gasteiger partial charge in [0.05, 0.1) is 5.69 Å². The molecule has 1 aromatic rings. The first-order valence-corrected chi connectivity index (χ1v) is 6.31. The number of rotatable bonds is 8. The standard InChI is InChI=1S/C13H23N3O/c1-4-7-17-10-13-15-6-5-12(16-13)9-14-8-11(2)3/h5-6,11,14H,4,7-10H2,1-3H3. The fourth-order valence-electron chi connectivity index (χ4n) is 1.41. The van der Waals surface area contributed by atoms with Crippen LogP contribution in [-0.4, -0.2) is 23.1 Å². The molecule has 0 saturated carbocycles. The Hall–Kier alpha value is -1.00. The van der Waals surface area contributed by atoms with E-state index in [1.54, 1.807) is 6.20 Å². The van der Waals surface area contributed by atoms with Gasteiger partial charge in [-0.05, 0) is 24.9 Å². The van der Waals surface area contributed by atoms with Crippen molar-refractivity contribution in [2.24, 2.45) is 5.92 Å². The van der Waals surface area contributed by atoms with Gasteiger partial charge in [0.25, 0.3) is 0 Å². The van der Waals surface area contributed by atoms with E-state index >= 15 is 0 Å². The maximum Gasteiger partial charge on any atom is 0.154 e. The Morgan fingerprint density at radius 1 is 1.41 bits per heavy atom. The van der Waals surface area contributed by atoms with Crippen molar-refractivity contribution >= 4 is 0 Å². The predicted molar refractivity (Wildman–Crippen MR) is 68.5 cm³/mol. The van der Waals surface area contributed by atoms with Crippen LogP contribution in [0.3, 0.4) is 0 Å². The summed E-state index contributed by atoms with van der Waals surface area (Å²) in [4.78, 5) is 8.63. The predicted octanol–water partition coefficient (Wildman–Crippen LogP) is 2.15. The Kier molecular flexibility index (Phi) is 6.74. The van der Waals surface area contributed by atoms with Crippen molar-refractivity contribution < 1.29 is 4.74 Å². The molecule has 1 aromatic heterocycles. The van der Waals surface area contributed by atoms with Gasteiger partial charge >= 0.3 is 0 Å². The molecule has 0 amide bonds. The topological polar surface area (TPSA) is 47.0 Å². The molecule has 1 heterocycles. The van der Waals surface area contributed by atoms with Crippen LogP contribution in [0, 0.1) is 5.92 Å². The average molecular weight is 237 g/mol. The van der Waals surface area contributed by atoms with Gasteiger partial charge in [0.2, 0.25) is 0 Å². The normalized spacial score (nSPS) is 11.1. The molecule has 1 N–H and O–H groups in total. The molecular formula is C13H23N3O. The monoisotopic (exact) mass is 237 g/mol. The highest BCUT2D eigenvalue weighted by molar-refractivity contribution is 5.01. The van der Waals surface area contributed by atoms with Crippen LogP contribution in [0.1, 0.15) is 38.7 Å². The molecule has 17 heavy (non-hydrogen) atoms. The second kappa shape index (κ2) is 8.14. The summed E-state index contributed by atoms with van der Waals surface area (Å²) in [7, 11) is 0. The minimum atomic E-state index is 0.506. The maximum atomic E-state index is 5.42. The second-order valence-corrected chi connectivity index (χ2v) is 4.54. The van der Waals surface area contributed by atoms with Crippen molar-refractivity contribution in [3.8, 4) is 0 Å². The van der Waals surface area contributed by atoms with Crippen molar-refractivity contribution in [2.75, 3.05) is 13.2 Å². The molecule has 0 aliphatic carbocycles. The highest BCUT2D eigenvalue weighted by Crippen LogP contribution is 1.98. The van der Waals surface area contributed by atoms with Crippen LogP contribution >= 0.6 is 0 Å². The van der Waals surface area contributed by atoms with E-state index in [-0.39, 0.29) is 0 Å². The van der Waals surface area contributed by atoms with E-state index in [0.29, 0.717) is 12.5 Å². The van der Waals surface area contributed by atoms with E-state index < -0.39 is 0 Å². The van der Waals surface area contributed by atoms with Crippen LogP contribution in [0.25, 0.3) is 0 Å². The minimum Gasteiger partial charge on any atom is -0.373 e. The molecule has 0 spiro atoms. The molecule has 0 bridgehead atoms. The van der Waals surface area contributed by atoms with Gasteiger partial charge in [-0.2, -0.15) is 0 Å². The van der Waals surface area contributed by atoms with Gasteiger partial charge in [0.1, 0.15) is 6.61 Å². The third-order valence-electron chi connectivity index (χ3n) is 2.20. The summed E-state index contributed by atoms with van der Waals surface area (Å²) in [6.45, 7) is 9.54. The first-order chi connectivity index (χ1) is 8.22. The number of nitrogens with one attached hydrogen (secondary N) is 1. The summed E-state index contributed by atoms with van der Waals surface area (Å²) in [5.74, 6) is 1.42. The van der Waals surface area contributed by atoms with Gasteiger partial charge in [-0.15, -0.1) is 0 Å². The van der Waals surface area contributed by atoms with Crippen LogP contribution in [0.5, 0.6) is 0 Å². The Bertz CT molecular complexity index is 315. The fourth-order valence-corrected chi connectivity index (χ4v) is 1.41. The largest absolute Gasteiger partial charge is 0.373 e. The van der Waals surface area contributed by atoms with Gasteiger partial charge in [-0.25, -0.2) is 9.97 Å². The van der Waals surface area contributed by atoms with Crippen molar-refractivity contribution in [2.45, 2.75) is 40.3 Å². The molecule has 4 nitrogen and oxygen atoms in total. The number of nitrogens with zero attached hydrogens (tertiary/aromatic N) is 2. The van der Waals surface area contributed by atoms with Crippen LogP contribution in [0.2, 0.25) is 0 Å². The van der Waals surface area contributed by atoms with E-state index in [1.165, 1.54) is 0 Å². The Labute approximate surface area is 104 Å². The third-order valence-corrected chi connectivity index (χ3v) is 2.20. The first-order valence-electron chi connectivity index (χ1n) is 6.31. The lowest BCUT2D eigenvalue weighted by atomic mass is 10.2. The molecule has 0 aliphatic rings. The van der Waals surface area contributed by atoms with Gasteiger partial charge in [0.15, 0.2) is 5.82 Å². The van der Waals surface area contributed by atoms with E-state index in [9.17, 15) is 0 Å². The molecule has 0 aliphatic heterocycles. The first kappa shape index (κ1) is 14.1. The summed E-state index contributed by atoms with van der Waals surface area (Å²) >= 11 is 0. The second-order valence-electron chi connectivity index (χ2n) is 4.54. The molecule has 0 aromatic carbocycles. The SMILES string of the molecule is CCCOCc1nccc(CNCC(C)C)n1. The molecule has 0 fully saturated rings. The third kappa shape index (κ3) is 6.34.